The van der Waals surface area contributed by atoms with Crippen molar-refractivity contribution >= 4 is 28.7 Å². The summed E-state index contributed by atoms with van der Waals surface area (Å²) in [7, 11) is 2.75. The molecule has 1 aromatic carbocycles. The molecule has 35 heavy (non-hydrogen) atoms. The molecule has 3 aromatic rings. The van der Waals surface area contributed by atoms with Gasteiger partial charge in [-0.3, -0.25) is 14.4 Å². The molecule has 2 amide bonds. The number of aromatic amines is 2. The van der Waals surface area contributed by atoms with Crippen LogP contribution in [0.4, 0.5) is 0 Å². The summed E-state index contributed by atoms with van der Waals surface area (Å²) >= 11 is 0. The zero-order chi connectivity index (χ0) is 25.5. The van der Waals surface area contributed by atoms with Gasteiger partial charge in [-0.05, 0) is 36.6 Å². The van der Waals surface area contributed by atoms with Crippen LogP contribution in [0.5, 0.6) is 5.75 Å². The van der Waals surface area contributed by atoms with E-state index in [0.29, 0.717) is 17.7 Å². The fourth-order valence-corrected chi connectivity index (χ4v) is 3.81. The van der Waals surface area contributed by atoms with Gasteiger partial charge < -0.3 is 30.1 Å². The van der Waals surface area contributed by atoms with Crippen molar-refractivity contribution in [3.8, 4) is 5.75 Å². The number of ether oxygens (including phenoxy) is 2. The van der Waals surface area contributed by atoms with Crippen molar-refractivity contribution < 1.29 is 23.9 Å². The number of esters is 1. The van der Waals surface area contributed by atoms with Gasteiger partial charge in [0.05, 0.1) is 14.2 Å². The molecule has 0 aliphatic heterocycles. The Bertz CT molecular complexity index is 1260. The van der Waals surface area contributed by atoms with Gasteiger partial charge in [0, 0.05) is 29.1 Å². The number of pyridine rings is 1. The van der Waals surface area contributed by atoms with Gasteiger partial charge in [0.15, 0.2) is 0 Å². The predicted octanol–water partition coefficient (Wildman–Crippen LogP) is 1.91. The van der Waals surface area contributed by atoms with Crippen molar-refractivity contribution in [2.75, 3.05) is 14.2 Å². The lowest BCUT2D eigenvalue weighted by Gasteiger charge is -2.23. The minimum Gasteiger partial charge on any atom is -0.496 e. The van der Waals surface area contributed by atoms with Crippen molar-refractivity contribution in [3.63, 3.8) is 0 Å². The Kier molecular flexibility index (Phi) is 8.30. The van der Waals surface area contributed by atoms with E-state index in [-0.39, 0.29) is 23.6 Å². The number of carbonyl (C=O) groups excluding carboxylic acids is 3. The maximum atomic E-state index is 13.2. The summed E-state index contributed by atoms with van der Waals surface area (Å²) in [5.74, 6) is -1.03. The first-order valence-corrected chi connectivity index (χ1v) is 11.2. The molecule has 10 nitrogen and oxygen atoms in total. The molecule has 186 valence electrons. The third-order valence-electron chi connectivity index (χ3n) is 5.54. The van der Waals surface area contributed by atoms with Crippen molar-refractivity contribution in [1.29, 1.82) is 0 Å². The Morgan fingerprint density at radius 2 is 1.80 bits per heavy atom. The number of fused-ring (bicyclic) bond motifs is 1. The van der Waals surface area contributed by atoms with Crippen LogP contribution < -0.4 is 20.9 Å². The maximum absolute atomic E-state index is 13.2. The van der Waals surface area contributed by atoms with Crippen LogP contribution in [0.3, 0.4) is 0 Å². The third-order valence-corrected chi connectivity index (χ3v) is 5.54. The summed E-state index contributed by atoms with van der Waals surface area (Å²) in [5, 5.41) is 6.14. The standard InChI is InChI=1S/C25H30N4O6/c1-14(2)11-18(28-24(32)19-13-16-17(27-19)8-5-9-21(16)34-3)23(31)29-20(25(33)35-4)12-15-7-6-10-26-22(15)30/h5-10,13-14,18,20,27H,11-12H2,1-4H3,(H,26,30)(H,28,32)(H,29,31)/t18-,20?/m0/s1. The maximum Gasteiger partial charge on any atom is 0.328 e. The number of rotatable bonds is 10. The molecule has 2 aromatic heterocycles. The van der Waals surface area contributed by atoms with Gasteiger partial charge in [-0.2, -0.15) is 0 Å². The monoisotopic (exact) mass is 482 g/mol. The summed E-state index contributed by atoms with van der Waals surface area (Å²) in [4.78, 5) is 56.2. The second-order valence-corrected chi connectivity index (χ2v) is 8.57. The molecule has 0 fully saturated rings. The number of carbonyl (C=O) groups is 3. The van der Waals surface area contributed by atoms with Crippen LogP contribution in [-0.4, -0.2) is 54.1 Å². The summed E-state index contributed by atoms with van der Waals surface area (Å²) in [6, 6.07) is 8.25. The number of aromatic nitrogens is 2. The van der Waals surface area contributed by atoms with Gasteiger partial charge >= 0.3 is 5.97 Å². The first kappa shape index (κ1) is 25.5. The van der Waals surface area contributed by atoms with Gasteiger partial charge in [0.25, 0.3) is 11.5 Å². The molecule has 0 spiro atoms. The summed E-state index contributed by atoms with van der Waals surface area (Å²) in [5.41, 5.74) is 0.946. The fraction of sp³-hybridized carbons (Fsp3) is 0.360. The van der Waals surface area contributed by atoms with Crippen LogP contribution in [0.1, 0.15) is 36.3 Å². The van der Waals surface area contributed by atoms with E-state index in [1.807, 2.05) is 19.9 Å². The Morgan fingerprint density at radius 1 is 1.03 bits per heavy atom. The zero-order valence-corrected chi connectivity index (χ0v) is 20.1. The lowest BCUT2D eigenvalue weighted by atomic mass is 10.0. The average molecular weight is 483 g/mol. The molecule has 0 saturated heterocycles. The van der Waals surface area contributed by atoms with Gasteiger partial charge in [-0.1, -0.05) is 26.0 Å². The van der Waals surface area contributed by atoms with Crippen LogP contribution in [-0.2, 0) is 20.7 Å². The molecule has 0 aliphatic carbocycles. The van der Waals surface area contributed by atoms with Crippen molar-refractivity contribution in [1.82, 2.24) is 20.6 Å². The molecule has 0 radical (unpaired) electrons. The number of nitrogens with one attached hydrogen (secondary N) is 4. The summed E-state index contributed by atoms with van der Waals surface area (Å²) in [6.45, 7) is 3.84. The SMILES string of the molecule is COC(=O)C(Cc1ccc[nH]c1=O)NC(=O)[C@H](CC(C)C)NC(=O)c1cc2c(OC)cccc2[nH]1. The van der Waals surface area contributed by atoms with E-state index in [1.54, 1.807) is 37.4 Å². The Balaban J connectivity index is 1.80. The topological polar surface area (TPSA) is 142 Å². The molecule has 3 rings (SSSR count). The average Bonchev–Trinajstić information content (AvgIpc) is 3.28. The number of hydrogen-bond donors (Lipinski definition) is 4. The number of amides is 2. The Hall–Kier alpha value is -4.08. The van der Waals surface area contributed by atoms with Crippen molar-refractivity contribution in [2.45, 2.75) is 38.8 Å². The van der Waals surface area contributed by atoms with Crippen molar-refractivity contribution in [2.24, 2.45) is 5.92 Å². The Morgan fingerprint density at radius 3 is 2.46 bits per heavy atom. The third kappa shape index (κ3) is 6.28. The van der Waals surface area contributed by atoms with Crippen LogP contribution in [0.15, 0.2) is 47.4 Å². The molecule has 1 unspecified atom stereocenters. The van der Waals surface area contributed by atoms with Crippen molar-refractivity contribution in [3.05, 3.63) is 64.2 Å². The number of methoxy groups -OCH3 is 2. The van der Waals surface area contributed by atoms with E-state index >= 15 is 0 Å². The van der Waals surface area contributed by atoms with Gasteiger partial charge in [-0.25, -0.2) is 4.79 Å². The molecule has 0 saturated carbocycles. The van der Waals surface area contributed by atoms with Gasteiger partial charge in [0.1, 0.15) is 23.5 Å². The van der Waals surface area contributed by atoms with E-state index in [2.05, 4.69) is 20.6 Å². The first-order valence-electron chi connectivity index (χ1n) is 11.2. The molecule has 0 aliphatic rings. The van der Waals surface area contributed by atoms with Crippen LogP contribution in [0, 0.1) is 5.92 Å². The molecule has 2 atom stereocenters. The number of benzene rings is 1. The lowest BCUT2D eigenvalue weighted by molar-refractivity contribution is -0.145. The van der Waals surface area contributed by atoms with E-state index in [0.717, 1.165) is 10.9 Å². The minimum atomic E-state index is -1.10. The highest BCUT2D eigenvalue weighted by Crippen LogP contribution is 2.26. The molecule has 0 bridgehead atoms. The molecular weight excluding hydrogens is 452 g/mol. The number of H-pyrrole nitrogens is 2. The second-order valence-electron chi connectivity index (χ2n) is 8.57. The van der Waals surface area contributed by atoms with Gasteiger partial charge in [-0.15, -0.1) is 0 Å². The quantitative estimate of drug-likeness (QED) is 0.325. The zero-order valence-electron chi connectivity index (χ0n) is 20.1. The summed E-state index contributed by atoms with van der Waals surface area (Å²) < 4.78 is 10.2. The van der Waals surface area contributed by atoms with Gasteiger partial charge in [0.2, 0.25) is 5.91 Å². The second kappa shape index (κ2) is 11.4. The Labute approximate surface area is 202 Å². The highest BCUT2D eigenvalue weighted by atomic mass is 16.5. The van der Waals surface area contributed by atoms with E-state index in [4.69, 9.17) is 9.47 Å². The minimum absolute atomic E-state index is 0.0568. The summed E-state index contributed by atoms with van der Waals surface area (Å²) in [6.07, 6.45) is 1.76. The largest absolute Gasteiger partial charge is 0.496 e. The van der Waals surface area contributed by atoms with E-state index in [9.17, 15) is 19.2 Å². The van der Waals surface area contributed by atoms with E-state index in [1.165, 1.54) is 13.3 Å². The molecular formula is C25H30N4O6. The highest BCUT2D eigenvalue weighted by molar-refractivity contribution is 6.01. The first-order chi connectivity index (χ1) is 16.7. The van der Waals surface area contributed by atoms with Crippen LogP contribution in [0.25, 0.3) is 10.9 Å². The fourth-order valence-electron chi connectivity index (χ4n) is 3.81. The predicted molar refractivity (Wildman–Crippen MR) is 130 cm³/mol. The molecule has 2 heterocycles. The molecule has 4 N–H and O–H groups in total. The van der Waals surface area contributed by atoms with E-state index < -0.39 is 29.9 Å². The number of hydrogen-bond acceptors (Lipinski definition) is 6. The highest BCUT2D eigenvalue weighted by Gasteiger charge is 2.29. The van der Waals surface area contributed by atoms with Crippen LogP contribution >= 0.6 is 0 Å². The normalized spacial score (nSPS) is 12.7. The van der Waals surface area contributed by atoms with Crippen LogP contribution in [0.2, 0.25) is 0 Å². The smallest absolute Gasteiger partial charge is 0.328 e. The lowest BCUT2D eigenvalue weighted by Crippen LogP contribution is -2.53. The molecule has 10 heteroatoms.